The van der Waals surface area contributed by atoms with Crippen molar-refractivity contribution < 1.29 is 9.84 Å². The van der Waals surface area contributed by atoms with Gasteiger partial charge in [-0.3, -0.25) is 0 Å². The quantitative estimate of drug-likeness (QED) is 0.672. The van der Waals surface area contributed by atoms with Gasteiger partial charge in [0, 0.05) is 11.9 Å². The molecule has 0 aromatic carbocycles. The molecule has 74 valence electrons. The molecule has 0 saturated heterocycles. The lowest BCUT2D eigenvalue weighted by Crippen LogP contribution is -2.11. The van der Waals surface area contributed by atoms with Crippen LogP contribution in [0.4, 0.5) is 5.13 Å². The van der Waals surface area contributed by atoms with E-state index >= 15 is 0 Å². The number of nitrogens with one attached hydrogen (secondary N) is 1. The predicted octanol–water partition coefficient (Wildman–Crippen LogP) is 0.872. The maximum Gasteiger partial charge on any atom is 0.182 e. The summed E-state index contributed by atoms with van der Waals surface area (Å²) in [6.07, 6.45) is 0. The Morgan fingerprint density at radius 1 is 1.62 bits per heavy atom. The molecule has 0 amide bonds. The third-order valence-electron chi connectivity index (χ3n) is 1.38. The van der Waals surface area contributed by atoms with Crippen molar-refractivity contribution in [3.05, 3.63) is 11.1 Å². The molecule has 1 aromatic rings. The summed E-state index contributed by atoms with van der Waals surface area (Å²) in [5.41, 5.74) is 1.03. The van der Waals surface area contributed by atoms with Gasteiger partial charge >= 0.3 is 0 Å². The number of rotatable bonds is 6. The Balaban J connectivity index is 2.06. The van der Waals surface area contributed by atoms with E-state index in [1.807, 2.05) is 12.3 Å². The van der Waals surface area contributed by atoms with Gasteiger partial charge < -0.3 is 15.2 Å². The van der Waals surface area contributed by atoms with E-state index in [1.165, 1.54) is 0 Å². The van der Waals surface area contributed by atoms with Crippen molar-refractivity contribution >= 4 is 16.5 Å². The van der Waals surface area contributed by atoms with Crippen molar-refractivity contribution in [1.82, 2.24) is 4.98 Å². The summed E-state index contributed by atoms with van der Waals surface area (Å²) in [6, 6.07) is 0. The van der Waals surface area contributed by atoms with E-state index in [0.29, 0.717) is 13.2 Å². The summed E-state index contributed by atoms with van der Waals surface area (Å²) in [5, 5.41) is 14.5. The third-order valence-corrected chi connectivity index (χ3v) is 2.30. The minimum atomic E-state index is 0.0797. The van der Waals surface area contributed by atoms with Crippen LogP contribution in [0.1, 0.15) is 5.69 Å². The monoisotopic (exact) mass is 202 g/mol. The third kappa shape index (κ3) is 4.21. The first-order valence-corrected chi connectivity index (χ1v) is 5.05. The summed E-state index contributed by atoms with van der Waals surface area (Å²) in [4.78, 5) is 4.23. The molecule has 0 aliphatic heterocycles. The Labute approximate surface area is 81.6 Å². The largest absolute Gasteiger partial charge is 0.394 e. The van der Waals surface area contributed by atoms with E-state index in [4.69, 9.17) is 9.84 Å². The molecule has 0 aliphatic carbocycles. The fourth-order valence-corrected chi connectivity index (χ4v) is 1.55. The van der Waals surface area contributed by atoms with Gasteiger partial charge in [0.1, 0.15) is 0 Å². The number of aliphatic hydroxyl groups excluding tert-OH is 1. The Morgan fingerprint density at radius 2 is 2.46 bits per heavy atom. The standard InChI is InChI=1S/C8H14N2O2S/c1-7-6-13-8(10-7)9-2-4-12-5-3-11/h6,11H,2-5H2,1H3,(H,9,10). The molecule has 4 nitrogen and oxygen atoms in total. The molecule has 0 bridgehead atoms. The minimum Gasteiger partial charge on any atom is -0.394 e. The second kappa shape index (κ2) is 5.90. The first-order valence-electron chi connectivity index (χ1n) is 4.17. The second-order valence-corrected chi connectivity index (χ2v) is 3.41. The number of nitrogens with zero attached hydrogens (tertiary/aromatic N) is 1. The van der Waals surface area contributed by atoms with Crippen LogP contribution in [0.25, 0.3) is 0 Å². The van der Waals surface area contributed by atoms with Crippen LogP contribution in [0.5, 0.6) is 0 Å². The molecule has 0 fully saturated rings. The van der Waals surface area contributed by atoms with E-state index in [0.717, 1.165) is 17.4 Å². The Hall–Kier alpha value is -0.650. The molecule has 1 rings (SSSR count). The average molecular weight is 202 g/mol. The van der Waals surface area contributed by atoms with Crippen molar-refractivity contribution in [2.45, 2.75) is 6.92 Å². The summed E-state index contributed by atoms with van der Waals surface area (Å²) in [5.74, 6) is 0. The van der Waals surface area contributed by atoms with Crippen molar-refractivity contribution in [2.75, 3.05) is 31.7 Å². The van der Waals surface area contributed by atoms with Gasteiger partial charge in [0.2, 0.25) is 0 Å². The zero-order valence-electron chi connectivity index (χ0n) is 7.62. The summed E-state index contributed by atoms with van der Waals surface area (Å²) in [7, 11) is 0. The number of hydrogen-bond acceptors (Lipinski definition) is 5. The number of aryl methyl sites for hydroxylation is 1. The van der Waals surface area contributed by atoms with Gasteiger partial charge in [0.05, 0.1) is 25.5 Å². The van der Waals surface area contributed by atoms with Gasteiger partial charge in [-0.1, -0.05) is 0 Å². The van der Waals surface area contributed by atoms with Crippen LogP contribution in [0, 0.1) is 6.92 Å². The maximum absolute atomic E-state index is 8.43. The molecule has 0 saturated carbocycles. The number of aliphatic hydroxyl groups is 1. The van der Waals surface area contributed by atoms with E-state index < -0.39 is 0 Å². The number of anilines is 1. The fourth-order valence-electron chi connectivity index (χ4n) is 0.832. The van der Waals surface area contributed by atoms with E-state index in [9.17, 15) is 0 Å². The molecule has 0 unspecified atom stereocenters. The molecule has 0 spiro atoms. The molecule has 0 aliphatic rings. The van der Waals surface area contributed by atoms with Crippen molar-refractivity contribution in [3.8, 4) is 0 Å². The number of aromatic nitrogens is 1. The van der Waals surface area contributed by atoms with Gasteiger partial charge in [-0.25, -0.2) is 4.98 Å². The Kier molecular flexibility index (Phi) is 4.74. The SMILES string of the molecule is Cc1csc(NCCOCCO)n1. The molecule has 0 radical (unpaired) electrons. The number of ether oxygens (including phenoxy) is 1. The molecule has 1 aromatic heterocycles. The van der Waals surface area contributed by atoms with Crippen LogP contribution < -0.4 is 5.32 Å². The number of hydrogen-bond donors (Lipinski definition) is 2. The molecule has 13 heavy (non-hydrogen) atoms. The van der Waals surface area contributed by atoms with Crippen LogP contribution in [-0.2, 0) is 4.74 Å². The average Bonchev–Trinajstić information content (AvgIpc) is 2.51. The first kappa shape index (κ1) is 10.4. The van der Waals surface area contributed by atoms with Crippen molar-refractivity contribution in [3.63, 3.8) is 0 Å². The summed E-state index contributed by atoms with van der Waals surface area (Å²) >= 11 is 1.59. The highest BCUT2D eigenvalue weighted by molar-refractivity contribution is 7.13. The molecule has 5 heteroatoms. The molecule has 1 heterocycles. The highest BCUT2D eigenvalue weighted by atomic mass is 32.1. The van der Waals surface area contributed by atoms with Crippen LogP contribution in [0.3, 0.4) is 0 Å². The van der Waals surface area contributed by atoms with E-state index in [2.05, 4.69) is 10.3 Å². The lowest BCUT2D eigenvalue weighted by molar-refractivity contribution is 0.0992. The predicted molar refractivity (Wildman–Crippen MR) is 53.2 cm³/mol. The summed E-state index contributed by atoms with van der Waals surface area (Å²) in [6.45, 7) is 3.77. The Morgan fingerprint density at radius 3 is 3.08 bits per heavy atom. The van der Waals surface area contributed by atoms with Crippen LogP contribution >= 0.6 is 11.3 Å². The fraction of sp³-hybridized carbons (Fsp3) is 0.625. The van der Waals surface area contributed by atoms with Crippen LogP contribution in [-0.4, -0.2) is 36.5 Å². The normalized spacial score (nSPS) is 10.3. The number of thiazole rings is 1. The zero-order valence-corrected chi connectivity index (χ0v) is 8.43. The van der Waals surface area contributed by atoms with E-state index in [-0.39, 0.29) is 6.61 Å². The smallest absolute Gasteiger partial charge is 0.182 e. The van der Waals surface area contributed by atoms with E-state index in [1.54, 1.807) is 11.3 Å². The van der Waals surface area contributed by atoms with Gasteiger partial charge in [-0.15, -0.1) is 11.3 Å². The molecular weight excluding hydrogens is 188 g/mol. The minimum absolute atomic E-state index is 0.0797. The van der Waals surface area contributed by atoms with Gasteiger partial charge in [0.15, 0.2) is 5.13 Å². The molecular formula is C8H14N2O2S. The van der Waals surface area contributed by atoms with Crippen LogP contribution in [0.2, 0.25) is 0 Å². The van der Waals surface area contributed by atoms with Gasteiger partial charge in [-0.2, -0.15) is 0 Å². The highest BCUT2D eigenvalue weighted by Gasteiger charge is 1.95. The van der Waals surface area contributed by atoms with Crippen LogP contribution in [0.15, 0.2) is 5.38 Å². The highest BCUT2D eigenvalue weighted by Crippen LogP contribution is 2.13. The second-order valence-electron chi connectivity index (χ2n) is 2.56. The maximum atomic E-state index is 8.43. The lowest BCUT2D eigenvalue weighted by Gasteiger charge is -2.02. The van der Waals surface area contributed by atoms with Gasteiger partial charge in [-0.05, 0) is 6.92 Å². The zero-order chi connectivity index (χ0) is 9.52. The van der Waals surface area contributed by atoms with Crippen molar-refractivity contribution in [2.24, 2.45) is 0 Å². The molecule has 2 N–H and O–H groups in total. The lowest BCUT2D eigenvalue weighted by atomic mass is 10.6. The topological polar surface area (TPSA) is 54.4 Å². The summed E-state index contributed by atoms with van der Waals surface area (Å²) < 4.78 is 5.08. The molecule has 0 atom stereocenters. The van der Waals surface area contributed by atoms with Gasteiger partial charge in [0.25, 0.3) is 0 Å². The Bertz CT molecular complexity index is 240. The van der Waals surface area contributed by atoms with Crippen molar-refractivity contribution in [1.29, 1.82) is 0 Å². The first-order chi connectivity index (χ1) is 6.33.